The first-order valence-corrected chi connectivity index (χ1v) is 13.8. The normalized spacial score (nSPS) is 18.7. The quantitative estimate of drug-likeness (QED) is 0.118. The van der Waals surface area contributed by atoms with Crippen molar-refractivity contribution in [2.45, 2.75) is 63.8 Å². The number of hydrogen-bond acceptors (Lipinski definition) is 7. The SMILES string of the molecule is O=C(CCCCC(=O)Nc1ccc([C@H]2O[C@@H](Cn3cnc4ccccc43)C[C@@H](c3ccc(CO)cc3)O2)cc1)NO. The molecule has 1 fully saturated rings. The van der Waals surface area contributed by atoms with Crippen molar-refractivity contribution in [3.63, 3.8) is 0 Å². The lowest BCUT2D eigenvalue weighted by molar-refractivity contribution is -0.252. The van der Waals surface area contributed by atoms with Crippen LogP contribution in [0.3, 0.4) is 0 Å². The van der Waals surface area contributed by atoms with Gasteiger partial charge in [0, 0.05) is 30.5 Å². The van der Waals surface area contributed by atoms with E-state index in [-0.39, 0.29) is 37.6 Å². The molecule has 10 nitrogen and oxygen atoms in total. The largest absolute Gasteiger partial charge is 0.392 e. The highest BCUT2D eigenvalue weighted by Crippen LogP contribution is 2.39. The number of aliphatic hydroxyl groups is 1. The third kappa shape index (κ3) is 7.36. The second-order valence-corrected chi connectivity index (χ2v) is 10.1. The van der Waals surface area contributed by atoms with Gasteiger partial charge in [0.15, 0.2) is 6.29 Å². The molecule has 0 unspecified atom stereocenters. The lowest BCUT2D eigenvalue weighted by atomic mass is 10.00. The minimum absolute atomic E-state index is 0.0162. The molecule has 41 heavy (non-hydrogen) atoms. The zero-order valence-corrected chi connectivity index (χ0v) is 22.6. The summed E-state index contributed by atoms with van der Waals surface area (Å²) in [6, 6.07) is 23.2. The number of hydrogen-bond donors (Lipinski definition) is 4. The highest BCUT2D eigenvalue weighted by Gasteiger charge is 2.32. The number of fused-ring (bicyclic) bond motifs is 1. The van der Waals surface area contributed by atoms with Crippen LogP contribution >= 0.6 is 0 Å². The predicted octanol–water partition coefficient (Wildman–Crippen LogP) is 4.78. The van der Waals surface area contributed by atoms with Gasteiger partial charge >= 0.3 is 0 Å². The van der Waals surface area contributed by atoms with Crippen LogP contribution in [-0.4, -0.2) is 37.8 Å². The van der Waals surface area contributed by atoms with Crippen molar-refractivity contribution < 1.29 is 29.4 Å². The second kappa shape index (κ2) is 13.5. The molecule has 5 rings (SSSR count). The van der Waals surface area contributed by atoms with Crippen molar-refractivity contribution in [3.8, 4) is 0 Å². The average Bonchev–Trinajstić information content (AvgIpc) is 3.42. The van der Waals surface area contributed by atoms with E-state index in [1.54, 1.807) is 5.48 Å². The number of benzene rings is 3. The number of imidazole rings is 1. The van der Waals surface area contributed by atoms with E-state index in [0.29, 0.717) is 31.5 Å². The smallest absolute Gasteiger partial charge is 0.243 e. The molecule has 1 aromatic heterocycles. The van der Waals surface area contributed by atoms with E-state index < -0.39 is 12.2 Å². The number of carbonyl (C=O) groups excluding carboxylic acids is 2. The van der Waals surface area contributed by atoms with Crippen molar-refractivity contribution in [1.82, 2.24) is 15.0 Å². The van der Waals surface area contributed by atoms with E-state index in [4.69, 9.17) is 14.7 Å². The summed E-state index contributed by atoms with van der Waals surface area (Å²) < 4.78 is 15.0. The number of anilines is 1. The molecule has 0 radical (unpaired) electrons. The van der Waals surface area contributed by atoms with Crippen molar-refractivity contribution >= 4 is 28.5 Å². The number of nitrogens with one attached hydrogen (secondary N) is 2. The van der Waals surface area contributed by atoms with Gasteiger partial charge in [-0.3, -0.25) is 14.8 Å². The summed E-state index contributed by atoms with van der Waals surface area (Å²) in [5, 5.41) is 20.9. The maximum Gasteiger partial charge on any atom is 0.243 e. The van der Waals surface area contributed by atoms with Gasteiger partial charge in [-0.15, -0.1) is 0 Å². The summed E-state index contributed by atoms with van der Waals surface area (Å²) in [6.07, 6.45) is 2.99. The summed E-state index contributed by atoms with van der Waals surface area (Å²) in [5.74, 6) is -0.607. The van der Waals surface area contributed by atoms with Gasteiger partial charge < -0.3 is 24.5 Å². The Kier molecular flexibility index (Phi) is 9.37. The first-order chi connectivity index (χ1) is 20.0. The maximum absolute atomic E-state index is 12.3. The molecule has 3 aromatic carbocycles. The molecule has 2 amide bonds. The molecular formula is C31H34N4O6. The summed E-state index contributed by atoms with van der Waals surface area (Å²) >= 11 is 0. The molecule has 1 aliphatic rings. The van der Waals surface area contributed by atoms with Gasteiger partial charge in [-0.1, -0.05) is 48.5 Å². The lowest BCUT2D eigenvalue weighted by Crippen LogP contribution is -2.32. The molecule has 0 saturated carbocycles. The van der Waals surface area contributed by atoms with Crippen LogP contribution in [0, 0.1) is 0 Å². The summed E-state index contributed by atoms with van der Waals surface area (Å²) in [7, 11) is 0. The minimum Gasteiger partial charge on any atom is -0.392 e. The standard InChI is InChI=1S/C31H34N4O6/c36-19-21-9-11-22(12-10-21)28-17-25(18-35-20-32-26-5-1-2-6-27(26)35)40-31(41-28)23-13-15-24(16-14-23)33-29(37)7-3-4-8-30(38)34-39/h1-2,5-6,9-16,20,25,28,31,36,39H,3-4,7-8,17-19H2,(H,33,37)(H,34,38)/t25-,28+,31+/m1/s1. The number of amides is 2. The number of unbranched alkanes of at least 4 members (excludes halogenated alkanes) is 1. The molecule has 4 N–H and O–H groups in total. The Balaban J connectivity index is 1.27. The number of hydroxylamine groups is 1. The zero-order valence-electron chi connectivity index (χ0n) is 22.6. The maximum atomic E-state index is 12.3. The summed E-state index contributed by atoms with van der Waals surface area (Å²) in [4.78, 5) is 27.9. The number of aromatic nitrogens is 2. The number of rotatable bonds is 11. The van der Waals surface area contributed by atoms with Crippen LogP contribution in [-0.2, 0) is 32.2 Å². The summed E-state index contributed by atoms with van der Waals surface area (Å²) in [5.41, 5.74) is 6.89. The van der Waals surface area contributed by atoms with Gasteiger partial charge in [0.2, 0.25) is 11.8 Å². The summed E-state index contributed by atoms with van der Waals surface area (Å²) in [6.45, 7) is 0.595. The first-order valence-electron chi connectivity index (χ1n) is 13.8. The Bertz CT molecular complexity index is 1450. The molecule has 4 aromatic rings. The van der Waals surface area contributed by atoms with Crippen LogP contribution in [0.25, 0.3) is 11.0 Å². The number of ether oxygens (including phenoxy) is 2. The third-order valence-corrected chi connectivity index (χ3v) is 7.19. The number of carbonyl (C=O) groups is 2. The fourth-order valence-electron chi connectivity index (χ4n) is 4.98. The van der Waals surface area contributed by atoms with E-state index in [1.807, 2.05) is 79.1 Å². The van der Waals surface area contributed by atoms with Crippen LogP contribution in [0.15, 0.2) is 79.1 Å². The minimum atomic E-state index is -0.617. The number of para-hydroxylation sites is 2. The van der Waals surface area contributed by atoms with Gasteiger partial charge in [-0.05, 0) is 48.2 Å². The first kappa shape index (κ1) is 28.4. The number of nitrogens with zero attached hydrogens (tertiary/aromatic N) is 2. The van der Waals surface area contributed by atoms with Gasteiger partial charge in [0.05, 0.1) is 42.7 Å². The van der Waals surface area contributed by atoms with E-state index in [2.05, 4.69) is 14.9 Å². The molecule has 10 heteroatoms. The Morgan fingerprint density at radius 2 is 1.61 bits per heavy atom. The van der Waals surface area contributed by atoms with Crippen LogP contribution in [0.4, 0.5) is 5.69 Å². The second-order valence-electron chi connectivity index (χ2n) is 10.1. The van der Waals surface area contributed by atoms with E-state index in [9.17, 15) is 14.7 Å². The van der Waals surface area contributed by atoms with Crippen molar-refractivity contribution in [3.05, 3.63) is 95.8 Å². The Labute approximate surface area is 237 Å². The topological polar surface area (TPSA) is 135 Å². The van der Waals surface area contributed by atoms with E-state index in [0.717, 1.165) is 27.7 Å². The van der Waals surface area contributed by atoms with E-state index in [1.165, 1.54) is 0 Å². The van der Waals surface area contributed by atoms with E-state index >= 15 is 0 Å². The highest BCUT2D eigenvalue weighted by atomic mass is 16.7. The molecule has 1 aliphatic heterocycles. The van der Waals surface area contributed by atoms with Gasteiger partial charge in [0.1, 0.15) is 0 Å². The third-order valence-electron chi connectivity index (χ3n) is 7.19. The molecular weight excluding hydrogens is 524 g/mol. The molecule has 1 saturated heterocycles. The van der Waals surface area contributed by atoms with Gasteiger partial charge in [0.25, 0.3) is 0 Å². The monoisotopic (exact) mass is 558 g/mol. The fourth-order valence-corrected chi connectivity index (χ4v) is 4.98. The Morgan fingerprint density at radius 3 is 2.34 bits per heavy atom. The number of aliphatic hydroxyl groups excluding tert-OH is 1. The fraction of sp³-hybridized carbons (Fsp3) is 0.323. The Morgan fingerprint density at radius 1 is 0.902 bits per heavy atom. The van der Waals surface area contributed by atoms with Crippen LogP contribution < -0.4 is 10.8 Å². The molecule has 3 atom stereocenters. The predicted molar refractivity (Wildman–Crippen MR) is 152 cm³/mol. The molecule has 0 aliphatic carbocycles. The highest BCUT2D eigenvalue weighted by molar-refractivity contribution is 5.90. The van der Waals surface area contributed by atoms with Crippen LogP contribution in [0.2, 0.25) is 0 Å². The van der Waals surface area contributed by atoms with Crippen LogP contribution in [0.5, 0.6) is 0 Å². The van der Waals surface area contributed by atoms with Gasteiger partial charge in [-0.2, -0.15) is 0 Å². The zero-order chi connectivity index (χ0) is 28.6. The molecule has 0 bridgehead atoms. The lowest BCUT2D eigenvalue weighted by Gasteiger charge is -2.36. The Hall–Kier alpha value is -4.09. The molecule has 214 valence electrons. The van der Waals surface area contributed by atoms with Crippen molar-refractivity contribution in [1.29, 1.82) is 0 Å². The van der Waals surface area contributed by atoms with Crippen LogP contribution in [0.1, 0.15) is 61.2 Å². The molecule has 0 spiro atoms. The van der Waals surface area contributed by atoms with Crippen molar-refractivity contribution in [2.24, 2.45) is 0 Å². The van der Waals surface area contributed by atoms with Gasteiger partial charge in [-0.25, -0.2) is 10.5 Å². The average molecular weight is 559 g/mol. The molecule has 2 heterocycles. The van der Waals surface area contributed by atoms with Crippen molar-refractivity contribution in [2.75, 3.05) is 5.32 Å².